The van der Waals surface area contributed by atoms with Gasteiger partial charge in [-0.15, -0.1) is 10.2 Å². The molecule has 0 amide bonds. The number of carbonyl (C=O) groups excluding carboxylic acids is 2. The molecule has 2 N–H and O–H groups in total. The summed E-state index contributed by atoms with van der Waals surface area (Å²) in [4.78, 5) is 30.5. The summed E-state index contributed by atoms with van der Waals surface area (Å²) in [5, 5.41) is 23.7. The van der Waals surface area contributed by atoms with Crippen molar-refractivity contribution in [2.24, 2.45) is 0 Å². The SMILES string of the molecule is CN(C)c1c(OC=O)c(OC=O)nc2cc(O)c(-c3ccc(NC4CC(C)(C)N(C)C(C)(C)C4)nn3)cc12. The summed E-state index contributed by atoms with van der Waals surface area (Å²) >= 11 is 0. The van der Waals surface area contributed by atoms with Crippen LogP contribution in [0.2, 0.25) is 0 Å². The van der Waals surface area contributed by atoms with Gasteiger partial charge in [0.05, 0.1) is 16.9 Å². The molecule has 3 aromatic rings. The molecule has 38 heavy (non-hydrogen) atoms. The van der Waals surface area contributed by atoms with Crippen molar-refractivity contribution in [1.82, 2.24) is 20.1 Å². The number of likely N-dealkylation sites (tertiary alicyclic amines) is 1. The van der Waals surface area contributed by atoms with E-state index in [-0.39, 0.29) is 47.4 Å². The number of benzene rings is 1. The molecule has 0 radical (unpaired) electrons. The third kappa shape index (κ3) is 5.06. The Morgan fingerprint density at radius 3 is 2.26 bits per heavy atom. The number of nitrogens with one attached hydrogen (secondary N) is 1. The minimum absolute atomic E-state index is 0.0177. The number of phenolic OH excluding ortho intramolecular Hbond substituents is 1. The molecule has 0 atom stereocenters. The number of nitrogens with zero attached hydrogens (tertiary/aromatic N) is 5. The summed E-state index contributed by atoms with van der Waals surface area (Å²) in [6.07, 6.45) is 1.92. The van der Waals surface area contributed by atoms with Gasteiger partial charge in [0.25, 0.3) is 18.8 Å². The second-order valence-corrected chi connectivity index (χ2v) is 11.0. The van der Waals surface area contributed by atoms with Crippen molar-refractivity contribution in [1.29, 1.82) is 0 Å². The van der Waals surface area contributed by atoms with Crippen LogP contribution in [0.3, 0.4) is 0 Å². The van der Waals surface area contributed by atoms with Gasteiger partial charge in [-0.25, -0.2) is 4.98 Å². The minimum atomic E-state index is -0.189. The van der Waals surface area contributed by atoms with Crippen molar-refractivity contribution in [3.05, 3.63) is 24.3 Å². The topological polar surface area (TPSA) is 130 Å². The van der Waals surface area contributed by atoms with Crippen LogP contribution >= 0.6 is 0 Å². The van der Waals surface area contributed by atoms with E-state index in [9.17, 15) is 14.7 Å². The number of carbonyl (C=O) groups is 2. The van der Waals surface area contributed by atoms with Crippen molar-refractivity contribution in [2.45, 2.75) is 57.7 Å². The lowest BCUT2D eigenvalue weighted by Gasteiger charge is -2.53. The van der Waals surface area contributed by atoms with Gasteiger partial charge in [-0.1, -0.05) is 0 Å². The first-order valence-corrected chi connectivity index (χ1v) is 12.3. The monoisotopic (exact) mass is 522 g/mol. The Bertz CT molecular complexity index is 1340. The fraction of sp³-hybridized carbons (Fsp3) is 0.444. The van der Waals surface area contributed by atoms with Crippen molar-refractivity contribution >= 4 is 35.4 Å². The van der Waals surface area contributed by atoms with E-state index in [0.717, 1.165) is 12.8 Å². The molecular weight excluding hydrogens is 488 g/mol. The number of piperidine rings is 1. The van der Waals surface area contributed by atoms with Crippen LogP contribution in [0, 0.1) is 0 Å². The van der Waals surface area contributed by atoms with Crippen LogP contribution in [-0.2, 0) is 9.59 Å². The number of phenols is 1. The van der Waals surface area contributed by atoms with Crippen molar-refractivity contribution in [3.63, 3.8) is 0 Å². The van der Waals surface area contributed by atoms with Gasteiger partial charge in [0.15, 0.2) is 0 Å². The van der Waals surface area contributed by atoms with Gasteiger partial charge >= 0.3 is 0 Å². The summed E-state index contributed by atoms with van der Waals surface area (Å²) in [6, 6.07) is 7.00. The molecule has 2 aromatic heterocycles. The van der Waals surface area contributed by atoms with Gasteiger partial charge in [0, 0.05) is 48.2 Å². The molecule has 4 rings (SSSR count). The highest BCUT2D eigenvalue weighted by Gasteiger charge is 2.43. The first-order valence-electron chi connectivity index (χ1n) is 12.3. The highest BCUT2D eigenvalue weighted by atomic mass is 16.6. The second kappa shape index (κ2) is 10.1. The van der Waals surface area contributed by atoms with Crippen LogP contribution in [0.25, 0.3) is 22.2 Å². The fourth-order valence-electron chi connectivity index (χ4n) is 5.41. The summed E-state index contributed by atoms with van der Waals surface area (Å²) in [7, 11) is 5.66. The molecule has 1 aliphatic heterocycles. The summed E-state index contributed by atoms with van der Waals surface area (Å²) in [5.74, 6) is 0.370. The molecule has 11 nitrogen and oxygen atoms in total. The fourth-order valence-corrected chi connectivity index (χ4v) is 5.41. The van der Waals surface area contributed by atoms with Gasteiger partial charge in [0.1, 0.15) is 11.6 Å². The molecule has 202 valence electrons. The van der Waals surface area contributed by atoms with E-state index in [1.54, 1.807) is 31.1 Å². The first-order chi connectivity index (χ1) is 17.9. The highest BCUT2D eigenvalue weighted by molar-refractivity contribution is 6.00. The van der Waals surface area contributed by atoms with Crippen LogP contribution in [0.5, 0.6) is 17.4 Å². The zero-order valence-corrected chi connectivity index (χ0v) is 22.8. The largest absolute Gasteiger partial charge is 0.507 e. The number of hydrogen-bond acceptors (Lipinski definition) is 11. The molecule has 1 aliphatic rings. The molecule has 0 spiro atoms. The average Bonchev–Trinajstić information content (AvgIpc) is 2.83. The van der Waals surface area contributed by atoms with Gasteiger partial charge in [0.2, 0.25) is 5.75 Å². The Kier molecular flexibility index (Phi) is 7.16. The number of ether oxygens (including phenoxy) is 2. The lowest BCUT2D eigenvalue weighted by molar-refractivity contribution is -0.123. The van der Waals surface area contributed by atoms with Gasteiger partial charge in [-0.3, -0.25) is 14.5 Å². The Hall–Kier alpha value is -3.99. The summed E-state index contributed by atoms with van der Waals surface area (Å²) in [5.41, 5.74) is 1.72. The van der Waals surface area contributed by atoms with Crippen LogP contribution in [0.15, 0.2) is 24.3 Å². The lowest BCUT2D eigenvalue weighted by Crippen LogP contribution is -2.61. The maximum atomic E-state index is 11.2. The Morgan fingerprint density at radius 2 is 1.71 bits per heavy atom. The zero-order valence-electron chi connectivity index (χ0n) is 22.8. The molecule has 3 heterocycles. The number of fused-ring (bicyclic) bond motifs is 1. The number of aromatic nitrogens is 3. The minimum Gasteiger partial charge on any atom is -0.507 e. The summed E-state index contributed by atoms with van der Waals surface area (Å²) in [6.45, 7) is 9.41. The molecule has 0 aliphatic carbocycles. The zero-order chi connectivity index (χ0) is 27.8. The smallest absolute Gasteiger partial charge is 0.299 e. The standard InChI is InChI=1S/C27H34N6O5/c1-26(2)12-16(13-27(3,4)33(26)7)28-22-9-8-19(30-31-22)17-10-18-20(11-21(17)36)29-25(38-15-35)24(37-14-34)23(18)32(5)6/h8-11,14-16,36H,12-13H2,1-7H3,(H,28,31). The number of aromatic hydroxyl groups is 1. The third-order valence-electron chi connectivity index (χ3n) is 7.37. The first kappa shape index (κ1) is 27.1. The van der Waals surface area contributed by atoms with E-state index in [4.69, 9.17) is 9.47 Å². The van der Waals surface area contributed by atoms with Crippen molar-refractivity contribution in [3.8, 4) is 28.6 Å². The molecule has 1 aromatic carbocycles. The average molecular weight is 523 g/mol. The van der Waals surface area contributed by atoms with E-state index < -0.39 is 0 Å². The van der Waals surface area contributed by atoms with Crippen LogP contribution < -0.4 is 19.7 Å². The van der Waals surface area contributed by atoms with Gasteiger partial charge in [-0.05, 0) is 65.8 Å². The Balaban J connectivity index is 1.69. The number of anilines is 2. The lowest BCUT2D eigenvalue weighted by atomic mass is 9.77. The predicted molar refractivity (Wildman–Crippen MR) is 145 cm³/mol. The Labute approximate surface area is 221 Å². The van der Waals surface area contributed by atoms with Gasteiger partial charge < -0.3 is 24.8 Å². The van der Waals surface area contributed by atoms with E-state index in [1.807, 2.05) is 6.07 Å². The maximum absolute atomic E-state index is 11.2. The quantitative estimate of drug-likeness (QED) is 0.421. The van der Waals surface area contributed by atoms with Crippen molar-refractivity contribution in [2.75, 3.05) is 31.4 Å². The number of pyridine rings is 1. The molecular formula is C27H34N6O5. The molecule has 1 saturated heterocycles. The van der Waals surface area contributed by atoms with E-state index in [0.29, 0.717) is 33.7 Å². The predicted octanol–water partition coefficient (Wildman–Crippen LogP) is 3.60. The van der Waals surface area contributed by atoms with Crippen LogP contribution in [-0.4, -0.2) is 76.4 Å². The normalized spacial score (nSPS) is 17.1. The number of rotatable bonds is 8. The van der Waals surface area contributed by atoms with E-state index in [2.05, 4.69) is 60.1 Å². The van der Waals surface area contributed by atoms with Crippen molar-refractivity contribution < 1.29 is 24.2 Å². The Morgan fingerprint density at radius 1 is 1.05 bits per heavy atom. The molecule has 0 unspecified atom stereocenters. The van der Waals surface area contributed by atoms with E-state index in [1.165, 1.54) is 6.07 Å². The van der Waals surface area contributed by atoms with E-state index >= 15 is 0 Å². The number of hydrogen-bond donors (Lipinski definition) is 2. The molecule has 0 saturated carbocycles. The van der Waals surface area contributed by atoms with Crippen LogP contribution in [0.4, 0.5) is 11.5 Å². The third-order valence-corrected chi connectivity index (χ3v) is 7.37. The molecule has 0 bridgehead atoms. The second-order valence-electron chi connectivity index (χ2n) is 11.0. The summed E-state index contributed by atoms with van der Waals surface area (Å²) < 4.78 is 10.1. The van der Waals surface area contributed by atoms with Gasteiger partial charge in [-0.2, -0.15) is 0 Å². The molecule has 1 fully saturated rings. The molecule has 11 heteroatoms. The maximum Gasteiger partial charge on any atom is 0.299 e. The highest BCUT2D eigenvalue weighted by Crippen LogP contribution is 2.44. The van der Waals surface area contributed by atoms with Crippen LogP contribution in [0.1, 0.15) is 40.5 Å².